The van der Waals surface area contributed by atoms with E-state index in [0.717, 1.165) is 56.7 Å². The van der Waals surface area contributed by atoms with E-state index in [0.29, 0.717) is 43.3 Å². The number of halogens is 2. The number of ether oxygens (including phenoxy) is 1. The molecule has 0 amide bonds. The number of rotatable bonds is 7. The molecule has 2 aliphatic heterocycles. The molecule has 0 bridgehead atoms. The minimum Gasteiger partial charge on any atom is -0.490 e. The van der Waals surface area contributed by atoms with Crippen molar-refractivity contribution in [3.8, 4) is 5.75 Å². The Hall–Kier alpha value is -3.34. The Morgan fingerprint density at radius 3 is 2.59 bits per heavy atom. The molecule has 196 valence electrons. The third-order valence-corrected chi connectivity index (χ3v) is 7.95. The van der Waals surface area contributed by atoms with E-state index < -0.39 is 11.6 Å². The number of anilines is 2. The Morgan fingerprint density at radius 1 is 1.11 bits per heavy atom. The molecule has 3 fully saturated rings. The summed E-state index contributed by atoms with van der Waals surface area (Å²) in [6.45, 7) is 5.33. The lowest BCUT2D eigenvalue weighted by atomic mass is 9.94. The van der Waals surface area contributed by atoms with Crippen LogP contribution >= 0.6 is 0 Å². The zero-order valence-corrected chi connectivity index (χ0v) is 20.8. The summed E-state index contributed by atoms with van der Waals surface area (Å²) in [5.74, 6) is 1.07. The third-order valence-electron chi connectivity index (χ3n) is 7.95. The van der Waals surface area contributed by atoms with Gasteiger partial charge >= 0.3 is 6.01 Å². The van der Waals surface area contributed by atoms with Crippen LogP contribution in [0.25, 0.3) is 0 Å². The highest BCUT2D eigenvalue weighted by Gasteiger charge is 2.44. The predicted molar refractivity (Wildman–Crippen MR) is 133 cm³/mol. The molecule has 3 aromatic rings. The van der Waals surface area contributed by atoms with Crippen LogP contribution in [0, 0.1) is 17.6 Å². The molecule has 2 N–H and O–H groups in total. The molecular weight excluding hydrogens is 480 g/mol. The van der Waals surface area contributed by atoms with Crippen LogP contribution in [-0.2, 0) is 5.41 Å². The van der Waals surface area contributed by atoms with Gasteiger partial charge in [-0.05, 0) is 55.4 Å². The van der Waals surface area contributed by atoms with Crippen molar-refractivity contribution in [1.82, 2.24) is 20.1 Å². The highest BCUT2D eigenvalue weighted by atomic mass is 19.1. The Morgan fingerprint density at radius 2 is 1.86 bits per heavy atom. The van der Waals surface area contributed by atoms with Crippen LogP contribution in [0.2, 0.25) is 0 Å². The highest BCUT2D eigenvalue weighted by molar-refractivity contribution is 5.39. The number of piperidine rings is 1. The number of nitrogens with zero attached hydrogens (tertiary/aromatic N) is 6. The monoisotopic (exact) mass is 511 g/mol. The van der Waals surface area contributed by atoms with Crippen molar-refractivity contribution in [1.29, 1.82) is 0 Å². The van der Waals surface area contributed by atoms with Crippen LogP contribution in [0.1, 0.15) is 49.9 Å². The molecule has 37 heavy (non-hydrogen) atoms. The third kappa shape index (κ3) is 4.96. The van der Waals surface area contributed by atoms with E-state index in [4.69, 9.17) is 15.0 Å². The average molecular weight is 512 g/mol. The Balaban J connectivity index is 0.993. The topological polar surface area (TPSA) is 106 Å². The molecule has 1 aliphatic carbocycles. The van der Waals surface area contributed by atoms with E-state index in [-0.39, 0.29) is 22.9 Å². The van der Waals surface area contributed by atoms with Crippen molar-refractivity contribution in [2.75, 3.05) is 42.6 Å². The van der Waals surface area contributed by atoms with Gasteiger partial charge in [-0.25, -0.2) is 18.7 Å². The van der Waals surface area contributed by atoms with E-state index in [2.05, 4.69) is 31.9 Å². The molecule has 6 rings (SSSR count). The molecule has 2 saturated heterocycles. The fourth-order valence-electron chi connectivity index (χ4n) is 5.17. The first-order valence-corrected chi connectivity index (χ1v) is 12.9. The van der Waals surface area contributed by atoms with Gasteiger partial charge in [0, 0.05) is 43.6 Å². The second-order valence-electron chi connectivity index (χ2n) is 10.8. The smallest absolute Gasteiger partial charge is 0.324 e. The minimum absolute atomic E-state index is 0.104. The first kappa shape index (κ1) is 24.0. The van der Waals surface area contributed by atoms with Gasteiger partial charge < -0.3 is 24.8 Å². The van der Waals surface area contributed by atoms with Crippen LogP contribution in [0.5, 0.6) is 5.75 Å². The molecule has 1 saturated carbocycles. The van der Waals surface area contributed by atoms with Crippen molar-refractivity contribution in [3.63, 3.8) is 0 Å². The Labute approximate surface area is 214 Å². The van der Waals surface area contributed by atoms with Gasteiger partial charge in [-0.15, -0.1) is 0 Å². The van der Waals surface area contributed by atoms with E-state index in [9.17, 15) is 8.78 Å². The summed E-state index contributed by atoms with van der Waals surface area (Å²) in [6.07, 6.45) is 7.48. The maximum absolute atomic E-state index is 14.3. The second kappa shape index (κ2) is 9.51. The molecule has 2 unspecified atom stereocenters. The van der Waals surface area contributed by atoms with E-state index in [1.54, 1.807) is 12.4 Å². The summed E-state index contributed by atoms with van der Waals surface area (Å²) in [4.78, 5) is 17.5. The number of aromatic nitrogens is 4. The summed E-state index contributed by atoms with van der Waals surface area (Å²) >= 11 is 0. The first-order chi connectivity index (χ1) is 17.9. The van der Waals surface area contributed by atoms with Gasteiger partial charge in [0.2, 0.25) is 5.95 Å². The zero-order chi connectivity index (χ0) is 25.6. The maximum Gasteiger partial charge on any atom is 0.324 e. The van der Waals surface area contributed by atoms with Crippen LogP contribution in [0.15, 0.2) is 35.1 Å². The van der Waals surface area contributed by atoms with Gasteiger partial charge in [0.1, 0.15) is 11.6 Å². The fraction of sp³-hybridized carbons (Fsp3) is 0.538. The molecule has 1 aromatic carbocycles. The second-order valence-corrected chi connectivity index (χ2v) is 10.8. The van der Waals surface area contributed by atoms with E-state index >= 15 is 0 Å². The van der Waals surface area contributed by atoms with Gasteiger partial charge in [0.25, 0.3) is 0 Å². The largest absolute Gasteiger partial charge is 0.490 e. The lowest BCUT2D eigenvalue weighted by Gasteiger charge is -2.30. The van der Waals surface area contributed by atoms with Crippen molar-refractivity contribution < 1.29 is 18.0 Å². The zero-order valence-electron chi connectivity index (χ0n) is 20.8. The van der Waals surface area contributed by atoms with E-state index in [1.807, 2.05) is 4.90 Å². The molecular formula is C26H31F2N7O2. The SMILES string of the molecule is CC1(c2noc(N3CCC(COc4cnc(N5CC(N)C(c6cc(F)ccc6F)C5)nc4)CC3)n2)CC1. The van der Waals surface area contributed by atoms with Crippen LogP contribution in [-0.4, -0.2) is 58.9 Å². The number of hydrogen-bond acceptors (Lipinski definition) is 9. The quantitative estimate of drug-likeness (QED) is 0.511. The van der Waals surface area contributed by atoms with Gasteiger partial charge in [-0.1, -0.05) is 12.1 Å². The lowest BCUT2D eigenvalue weighted by Crippen LogP contribution is -2.35. The summed E-state index contributed by atoms with van der Waals surface area (Å²) in [5, 5.41) is 4.18. The molecule has 9 nitrogen and oxygen atoms in total. The number of benzene rings is 1. The van der Waals surface area contributed by atoms with Crippen molar-refractivity contribution >= 4 is 12.0 Å². The number of nitrogens with two attached hydrogens (primary N) is 1. The molecule has 0 radical (unpaired) electrons. The van der Waals surface area contributed by atoms with Crippen LogP contribution in [0.4, 0.5) is 20.7 Å². The molecule has 0 spiro atoms. The van der Waals surface area contributed by atoms with Crippen LogP contribution in [0.3, 0.4) is 0 Å². The Bertz CT molecular complexity index is 1240. The van der Waals surface area contributed by atoms with Crippen molar-refractivity contribution in [2.24, 2.45) is 11.7 Å². The summed E-state index contributed by atoms with van der Waals surface area (Å²) in [7, 11) is 0. The summed E-state index contributed by atoms with van der Waals surface area (Å²) in [5.41, 5.74) is 6.65. The molecule has 2 atom stereocenters. The number of hydrogen-bond donors (Lipinski definition) is 1. The lowest BCUT2D eigenvalue weighted by molar-refractivity contribution is 0.219. The summed E-state index contributed by atoms with van der Waals surface area (Å²) < 4.78 is 39.4. The van der Waals surface area contributed by atoms with Gasteiger partial charge in [-0.3, -0.25) is 0 Å². The van der Waals surface area contributed by atoms with Gasteiger partial charge in [0.05, 0.1) is 19.0 Å². The van der Waals surface area contributed by atoms with Crippen LogP contribution < -0.4 is 20.3 Å². The maximum atomic E-state index is 14.3. The standard InChI is InChI=1S/C26H31F2N7O2/c1-26(6-7-26)23-32-25(37-33-23)34-8-4-16(5-9-34)15-36-18-11-30-24(31-12-18)35-13-20(22(29)14-35)19-10-17(27)2-3-21(19)28/h2-3,10-12,16,20,22H,4-9,13-15,29H2,1H3. The average Bonchev–Trinajstić information content (AvgIpc) is 3.29. The highest BCUT2D eigenvalue weighted by Crippen LogP contribution is 2.46. The predicted octanol–water partition coefficient (Wildman–Crippen LogP) is 3.42. The van der Waals surface area contributed by atoms with Crippen molar-refractivity contribution in [3.05, 3.63) is 53.6 Å². The van der Waals surface area contributed by atoms with Crippen molar-refractivity contribution in [2.45, 2.75) is 50.0 Å². The molecule has 11 heteroatoms. The fourth-order valence-corrected chi connectivity index (χ4v) is 5.17. The molecule has 4 heterocycles. The molecule has 2 aromatic heterocycles. The molecule has 3 aliphatic rings. The van der Waals surface area contributed by atoms with Gasteiger partial charge in [-0.2, -0.15) is 4.98 Å². The minimum atomic E-state index is -0.475. The summed E-state index contributed by atoms with van der Waals surface area (Å²) in [6, 6.07) is 3.75. The normalized spacial score (nSPS) is 23.5. The first-order valence-electron chi connectivity index (χ1n) is 12.9. The Kier molecular flexibility index (Phi) is 6.18. The van der Waals surface area contributed by atoms with E-state index in [1.165, 1.54) is 6.07 Å². The van der Waals surface area contributed by atoms with Gasteiger partial charge in [0.15, 0.2) is 11.6 Å².